The number of benzene rings is 1. The molecular weight excluding hydrogens is 336 g/mol. The van der Waals surface area contributed by atoms with Gasteiger partial charge in [-0.1, -0.05) is 35.9 Å². The van der Waals surface area contributed by atoms with Gasteiger partial charge in [0.1, 0.15) is 5.65 Å². The molecule has 3 heterocycles. The van der Waals surface area contributed by atoms with Gasteiger partial charge in [0.2, 0.25) is 0 Å². The molecule has 27 heavy (non-hydrogen) atoms. The molecule has 1 unspecified atom stereocenters. The van der Waals surface area contributed by atoms with Crippen LogP contribution in [0.5, 0.6) is 0 Å². The smallest absolute Gasteiger partial charge is 0.253 e. The van der Waals surface area contributed by atoms with Crippen LogP contribution in [0.25, 0.3) is 16.9 Å². The highest BCUT2D eigenvalue weighted by Gasteiger charge is 2.13. The highest BCUT2D eigenvalue weighted by Crippen LogP contribution is 2.20. The lowest BCUT2D eigenvalue weighted by atomic mass is 10.1. The van der Waals surface area contributed by atoms with Crippen molar-refractivity contribution in [1.29, 1.82) is 0 Å². The van der Waals surface area contributed by atoms with E-state index < -0.39 is 0 Å². The maximum atomic E-state index is 12.6. The quantitative estimate of drug-likeness (QED) is 0.596. The highest BCUT2D eigenvalue weighted by molar-refractivity contribution is 5.94. The molecule has 1 N–H and O–H groups in total. The topological polar surface area (TPSA) is 59.3 Å². The summed E-state index contributed by atoms with van der Waals surface area (Å²) in [5.41, 5.74) is 5.52. The summed E-state index contributed by atoms with van der Waals surface area (Å²) >= 11 is 0. The number of carbonyl (C=O) groups excluding carboxylic acids is 1. The van der Waals surface area contributed by atoms with Crippen LogP contribution in [0.3, 0.4) is 0 Å². The molecule has 5 nitrogen and oxygen atoms in total. The number of pyridine rings is 2. The third-order valence-electron chi connectivity index (χ3n) is 4.59. The SMILES string of the molecule is Cc1ccc(-c2cn3cc(C(=O)NC(C)c4cccnc4)ccc3n2)cc1. The van der Waals surface area contributed by atoms with Crippen molar-refractivity contribution in [3.8, 4) is 11.3 Å². The monoisotopic (exact) mass is 356 g/mol. The second-order valence-corrected chi connectivity index (χ2v) is 6.66. The number of nitrogens with zero attached hydrogens (tertiary/aromatic N) is 3. The van der Waals surface area contributed by atoms with E-state index in [-0.39, 0.29) is 11.9 Å². The van der Waals surface area contributed by atoms with Gasteiger partial charge in [-0.25, -0.2) is 4.98 Å². The van der Waals surface area contributed by atoms with Crippen molar-refractivity contribution in [2.24, 2.45) is 0 Å². The van der Waals surface area contributed by atoms with Crippen molar-refractivity contribution in [2.75, 3.05) is 0 Å². The maximum absolute atomic E-state index is 12.6. The zero-order valence-electron chi connectivity index (χ0n) is 15.3. The first-order valence-corrected chi connectivity index (χ1v) is 8.87. The molecule has 3 aromatic heterocycles. The summed E-state index contributed by atoms with van der Waals surface area (Å²) in [5, 5.41) is 3.01. The molecule has 0 bridgehead atoms. The summed E-state index contributed by atoms with van der Waals surface area (Å²) in [7, 11) is 0. The lowest BCUT2D eigenvalue weighted by Gasteiger charge is -2.13. The first kappa shape index (κ1) is 17.0. The molecule has 1 amide bonds. The summed E-state index contributed by atoms with van der Waals surface area (Å²) in [4.78, 5) is 21.4. The molecule has 0 saturated heterocycles. The highest BCUT2D eigenvalue weighted by atomic mass is 16.1. The Kier molecular flexibility index (Phi) is 4.42. The molecular formula is C22H20N4O. The molecule has 0 aliphatic carbocycles. The fourth-order valence-electron chi connectivity index (χ4n) is 2.98. The Morgan fingerprint density at radius 2 is 1.89 bits per heavy atom. The van der Waals surface area contributed by atoms with Gasteiger partial charge in [-0.2, -0.15) is 0 Å². The van der Waals surface area contributed by atoms with Crippen LogP contribution in [0.1, 0.15) is 34.5 Å². The minimum Gasteiger partial charge on any atom is -0.345 e. The van der Waals surface area contributed by atoms with Crippen LogP contribution in [0.2, 0.25) is 0 Å². The van der Waals surface area contributed by atoms with Gasteiger partial charge in [0.05, 0.1) is 17.3 Å². The fraction of sp³-hybridized carbons (Fsp3) is 0.136. The number of aryl methyl sites for hydroxylation is 1. The number of fused-ring (bicyclic) bond motifs is 1. The molecule has 1 atom stereocenters. The van der Waals surface area contributed by atoms with E-state index in [9.17, 15) is 4.79 Å². The van der Waals surface area contributed by atoms with E-state index >= 15 is 0 Å². The van der Waals surface area contributed by atoms with E-state index in [4.69, 9.17) is 0 Å². The van der Waals surface area contributed by atoms with E-state index in [1.54, 1.807) is 18.5 Å². The Bertz CT molecular complexity index is 1080. The van der Waals surface area contributed by atoms with Gasteiger partial charge in [-0.3, -0.25) is 9.78 Å². The maximum Gasteiger partial charge on any atom is 0.253 e. The number of aromatic nitrogens is 3. The van der Waals surface area contributed by atoms with Crippen LogP contribution >= 0.6 is 0 Å². The third-order valence-corrected chi connectivity index (χ3v) is 4.59. The molecule has 1 aromatic carbocycles. The second kappa shape index (κ2) is 7.03. The summed E-state index contributed by atoms with van der Waals surface area (Å²) < 4.78 is 1.89. The zero-order valence-corrected chi connectivity index (χ0v) is 15.3. The molecule has 5 heteroatoms. The van der Waals surface area contributed by atoms with Crippen LogP contribution < -0.4 is 5.32 Å². The minimum atomic E-state index is -0.126. The van der Waals surface area contributed by atoms with Gasteiger partial charge in [-0.05, 0) is 37.6 Å². The Labute approximate surface area is 157 Å². The van der Waals surface area contributed by atoms with Crippen molar-refractivity contribution >= 4 is 11.6 Å². The average molecular weight is 356 g/mol. The number of rotatable bonds is 4. The molecule has 0 fully saturated rings. The van der Waals surface area contributed by atoms with Crippen molar-refractivity contribution in [1.82, 2.24) is 19.7 Å². The molecule has 0 radical (unpaired) electrons. The second-order valence-electron chi connectivity index (χ2n) is 6.66. The molecule has 0 aliphatic rings. The first-order chi connectivity index (χ1) is 13.1. The van der Waals surface area contributed by atoms with Gasteiger partial charge >= 0.3 is 0 Å². The van der Waals surface area contributed by atoms with Crippen LogP contribution in [0.15, 0.2) is 73.3 Å². The van der Waals surface area contributed by atoms with Crippen molar-refractivity contribution in [3.05, 3.63) is 90.0 Å². The molecule has 4 rings (SSSR count). The Morgan fingerprint density at radius 3 is 2.63 bits per heavy atom. The number of amides is 1. The molecule has 0 aliphatic heterocycles. The van der Waals surface area contributed by atoms with Crippen LogP contribution in [0, 0.1) is 6.92 Å². The summed E-state index contributed by atoms with van der Waals surface area (Å²) in [5.74, 6) is -0.126. The Balaban J connectivity index is 1.57. The Morgan fingerprint density at radius 1 is 1.07 bits per heavy atom. The predicted octanol–water partition coefficient (Wildman–Crippen LogP) is 4.20. The number of hydrogen-bond donors (Lipinski definition) is 1. The van der Waals surface area contributed by atoms with Crippen molar-refractivity contribution in [2.45, 2.75) is 19.9 Å². The van der Waals surface area contributed by atoms with E-state index in [2.05, 4.69) is 46.5 Å². The number of hydrogen-bond acceptors (Lipinski definition) is 3. The largest absolute Gasteiger partial charge is 0.345 e. The van der Waals surface area contributed by atoms with E-state index in [0.717, 1.165) is 22.5 Å². The van der Waals surface area contributed by atoms with Crippen molar-refractivity contribution in [3.63, 3.8) is 0 Å². The van der Waals surface area contributed by atoms with Gasteiger partial charge in [0.25, 0.3) is 5.91 Å². The first-order valence-electron chi connectivity index (χ1n) is 8.87. The lowest BCUT2D eigenvalue weighted by Crippen LogP contribution is -2.26. The van der Waals surface area contributed by atoms with E-state index in [1.807, 2.05) is 41.9 Å². The average Bonchev–Trinajstić information content (AvgIpc) is 3.12. The van der Waals surface area contributed by atoms with Crippen LogP contribution in [-0.4, -0.2) is 20.3 Å². The van der Waals surface area contributed by atoms with Crippen LogP contribution in [-0.2, 0) is 0 Å². The van der Waals surface area contributed by atoms with Gasteiger partial charge < -0.3 is 9.72 Å². The van der Waals surface area contributed by atoms with E-state index in [1.165, 1.54) is 5.56 Å². The lowest BCUT2D eigenvalue weighted by molar-refractivity contribution is 0.0939. The number of carbonyl (C=O) groups is 1. The third kappa shape index (κ3) is 3.58. The zero-order chi connectivity index (χ0) is 18.8. The molecule has 134 valence electrons. The molecule has 4 aromatic rings. The predicted molar refractivity (Wildman–Crippen MR) is 105 cm³/mol. The summed E-state index contributed by atoms with van der Waals surface area (Å²) in [6.07, 6.45) is 7.24. The molecule has 0 saturated carbocycles. The fourth-order valence-corrected chi connectivity index (χ4v) is 2.98. The summed E-state index contributed by atoms with van der Waals surface area (Å²) in [6, 6.07) is 15.6. The summed E-state index contributed by atoms with van der Waals surface area (Å²) in [6.45, 7) is 4.00. The van der Waals surface area contributed by atoms with Crippen LogP contribution in [0.4, 0.5) is 0 Å². The molecule has 0 spiro atoms. The Hall–Kier alpha value is -3.47. The minimum absolute atomic E-state index is 0.118. The van der Waals surface area contributed by atoms with Gasteiger partial charge in [-0.15, -0.1) is 0 Å². The van der Waals surface area contributed by atoms with Gasteiger partial charge in [0, 0.05) is 30.4 Å². The number of imidazole rings is 1. The normalized spacial score (nSPS) is 12.1. The van der Waals surface area contributed by atoms with Crippen molar-refractivity contribution < 1.29 is 4.79 Å². The van der Waals surface area contributed by atoms with E-state index in [0.29, 0.717) is 5.56 Å². The standard InChI is InChI=1S/C22H20N4O/c1-15-5-7-17(8-6-15)20-14-26-13-19(9-10-21(26)25-20)22(27)24-16(2)18-4-3-11-23-12-18/h3-14,16H,1-2H3,(H,24,27). The number of nitrogens with one attached hydrogen (secondary N) is 1. The van der Waals surface area contributed by atoms with Gasteiger partial charge in [0.15, 0.2) is 0 Å².